The van der Waals surface area contributed by atoms with E-state index in [0.717, 1.165) is 5.56 Å². The van der Waals surface area contributed by atoms with Gasteiger partial charge in [0.25, 0.3) is 11.8 Å². The molecule has 3 aromatic rings. The Hall–Kier alpha value is -3.94. The third-order valence-electron chi connectivity index (χ3n) is 5.50. The van der Waals surface area contributed by atoms with Crippen LogP contribution in [0.4, 0.5) is 0 Å². The molecule has 34 heavy (non-hydrogen) atoms. The number of nitrogens with zero attached hydrogens (tertiary/aromatic N) is 3. The van der Waals surface area contributed by atoms with Gasteiger partial charge in [0.2, 0.25) is 11.8 Å². The van der Waals surface area contributed by atoms with Gasteiger partial charge in [-0.15, -0.1) is 0 Å². The molecule has 0 spiro atoms. The van der Waals surface area contributed by atoms with Crippen LogP contribution >= 0.6 is 0 Å². The zero-order valence-corrected chi connectivity index (χ0v) is 19.9. The van der Waals surface area contributed by atoms with E-state index < -0.39 is 0 Å². The molecule has 0 radical (unpaired) electrons. The monoisotopic (exact) mass is 462 g/mol. The minimum atomic E-state index is -0.291. The van der Waals surface area contributed by atoms with Crippen LogP contribution in [-0.4, -0.2) is 60.5 Å². The van der Waals surface area contributed by atoms with Gasteiger partial charge in [-0.05, 0) is 37.5 Å². The van der Waals surface area contributed by atoms with Gasteiger partial charge in [0.15, 0.2) is 0 Å². The quantitative estimate of drug-likeness (QED) is 0.497. The maximum atomic E-state index is 13.3. The van der Waals surface area contributed by atoms with E-state index in [2.05, 4.69) is 15.3 Å². The molecule has 0 aliphatic heterocycles. The van der Waals surface area contributed by atoms with E-state index in [1.54, 1.807) is 42.3 Å². The normalized spacial score (nSPS) is 11.4. The third kappa shape index (κ3) is 6.54. The molecule has 1 N–H and O–H groups in total. The number of ether oxygens (including phenoxy) is 2. The predicted molar refractivity (Wildman–Crippen MR) is 129 cm³/mol. The van der Waals surface area contributed by atoms with Crippen LogP contribution in [0.1, 0.15) is 38.5 Å². The summed E-state index contributed by atoms with van der Waals surface area (Å²) in [4.78, 5) is 36.0. The number of hydrogen-bond acceptors (Lipinski definition) is 6. The number of aryl methyl sites for hydroxylation is 1. The lowest BCUT2D eigenvalue weighted by atomic mass is 10.0. The van der Waals surface area contributed by atoms with Gasteiger partial charge in [-0.1, -0.05) is 36.4 Å². The molecule has 2 aromatic heterocycles. The van der Waals surface area contributed by atoms with Crippen LogP contribution in [0.15, 0.2) is 60.7 Å². The SMILES string of the molecule is COc1cc(C(=O)N(C)C(CCNC(=O)c2cccc(OC)n2)Cc2ccccc2)cc(C)n1. The number of aromatic nitrogens is 2. The summed E-state index contributed by atoms with van der Waals surface area (Å²) < 4.78 is 10.3. The first kappa shape index (κ1) is 24.7. The first-order chi connectivity index (χ1) is 16.4. The second-order valence-corrected chi connectivity index (χ2v) is 7.91. The van der Waals surface area contributed by atoms with Gasteiger partial charge < -0.3 is 19.7 Å². The minimum Gasteiger partial charge on any atom is -0.481 e. The number of rotatable bonds is 10. The lowest BCUT2D eigenvalue weighted by Gasteiger charge is -2.29. The average Bonchev–Trinajstić information content (AvgIpc) is 2.87. The largest absolute Gasteiger partial charge is 0.481 e. The van der Waals surface area contributed by atoms with Gasteiger partial charge in [0.1, 0.15) is 5.69 Å². The van der Waals surface area contributed by atoms with Crippen molar-refractivity contribution in [2.45, 2.75) is 25.8 Å². The summed E-state index contributed by atoms with van der Waals surface area (Å²) in [5.41, 5.74) is 2.60. The number of carbonyl (C=O) groups excluding carboxylic acids is 2. The highest BCUT2D eigenvalue weighted by atomic mass is 16.5. The predicted octanol–water partition coefficient (Wildman–Crippen LogP) is 3.31. The van der Waals surface area contributed by atoms with Gasteiger partial charge in [0, 0.05) is 43.0 Å². The number of hydrogen-bond donors (Lipinski definition) is 1. The van der Waals surface area contributed by atoms with Crippen molar-refractivity contribution < 1.29 is 19.1 Å². The first-order valence-corrected chi connectivity index (χ1v) is 11.0. The molecule has 8 heteroatoms. The van der Waals surface area contributed by atoms with E-state index in [0.29, 0.717) is 42.4 Å². The third-order valence-corrected chi connectivity index (χ3v) is 5.50. The Morgan fingerprint density at radius 1 is 0.971 bits per heavy atom. The van der Waals surface area contributed by atoms with Crippen LogP contribution in [0, 0.1) is 6.92 Å². The minimum absolute atomic E-state index is 0.134. The van der Waals surface area contributed by atoms with Crippen LogP contribution in [0.2, 0.25) is 0 Å². The highest BCUT2D eigenvalue weighted by molar-refractivity contribution is 5.94. The van der Waals surface area contributed by atoms with Crippen molar-refractivity contribution in [3.05, 3.63) is 83.2 Å². The summed E-state index contributed by atoms with van der Waals surface area (Å²) in [6.45, 7) is 2.20. The Balaban J connectivity index is 1.73. The van der Waals surface area contributed by atoms with Crippen molar-refractivity contribution in [1.29, 1.82) is 0 Å². The van der Waals surface area contributed by atoms with E-state index in [4.69, 9.17) is 9.47 Å². The Labute approximate surface area is 199 Å². The molecule has 8 nitrogen and oxygen atoms in total. The Morgan fingerprint density at radius 2 is 1.71 bits per heavy atom. The maximum Gasteiger partial charge on any atom is 0.270 e. The fourth-order valence-corrected chi connectivity index (χ4v) is 3.65. The van der Waals surface area contributed by atoms with Gasteiger partial charge in [-0.2, -0.15) is 0 Å². The molecule has 1 unspecified atom stereocenters. The summed E-state index contributed by atoms with van der Waals surface area (Å²) in [5, 5.41) is 2.90. The lowest BCUT2D eigenvalue weighted by molar-refractivity contribution is 0.0722. The number of carbonyl (C=O) groups is 2. The number of amides is 2. The van der Waals surface area contributed by atoms with Crippen LogP contribution in [-0.2, 0) is 6.42 Å². The summed E-state index contributed by atoms with van der Waals surface area (Å²) in [7, 11) is 4.81. The van der Waals surface area contributed by atoms with E-state index in [-0.39, 0.29) is 23.6 Å². The molecule has 1 aromatic carbocycles. The molecular formula is C26H30N4O4. The Bertz CT molecular complexity index is 1120. The molecular weight excluding hydrogens is 432 g/mol. The summed E-state index contributed by atoms with van der Waals surface area (Å²) in [6, 6.07) is 18.2. The number of benzene rings is 1. The van der Waals surface area contributed by atoms with Crippen LogP contribution in [0.5, 0.6) is 11.8 Å². The fraction of sp³-hybridized carbons (Fsp3) is 0.308. The number of pyridine rings is 2. The van der Waals surface area contributed by atoms with E-state index in [9.17, 15) is 9.59 Å². The molecule has 0 aliphatic rings. The molecule has 0 bridgehead atoms. The van der Waals surface area contributed by atoms with E-state index >= 15 is 0 Å². The summed E-state index contributed by atoms with van der Waals surface area (Å²) in [5.74, 6) is 0.351. The van der Waals surface area contributed by atoms with Crippen molar-refractivity contribution in [1.82, 2.24) is 20.2 Å². The second kappa shape index (κ2) is 11.8. The zero-order chi connectivity index (χ0) is 24.5. The molecule has 2 amide bonds. The average molecular weight is 463 g/mol. The van der Waals surface area contributed by atoms with Crippen molar-refractivity contribution >= 4 is 11.8 Å². The van der Waals surface area contributed by atoms with Gasteiger partial charge in [-0.3, -0.25) is 9.59 Å². The number of methoxy groups -OCH3 is 2. The molecule has 1 atom stereocenters. The summed E-state index contributed by atoms with van der Waals surface area (Å²) in [6.07, 6.45) is 1.21. The van der Waals surface area contributed by atoms with E-state index in [1.807, 2.05) is 37.3 Å². The lowest BCUT2D eigenvalue weighted by Crippen LogP contribution is -2.41. The van der Waals surface area contributed by atoms with Gasteiger partial charge >= 0.3 is 0 Å². The first-order valence-electron chi connectivity index (χ1n) is 11.0. The van der Waals surface area contributed by atoms with Crippen LogP contribution in [0.3, 0.4) is 0 Å². The topological polar surface area (TPSA) is 93.7 Å². The fourth-order valence-electron chi connectivity index (χ4n) is 3.65. The van der Waals surface area contributed by atoms with Gasteiger partial charge in [-0.25, -0.2) is 9.97 Å². The van der Waals surface area contributed by atoms with Crippen LogP contribution in [0.25, 0.3) is 0 Å². The molecule has 3 rings (SSSR count). The zero-order valence-electron chi connectivity index (χ0n) is 19.9. The molecule has 0 saturated carbocycles. The molecule has 0 aliphatic carbocycles. The smallest absolute Gasteiger partial charge is 0.270 e. The van der Waals surface area contributed by atoms with Crippen molar-refractivity contribution in [3.63, 3.8) is 0 Å². The van der Waals surface area contributed by atoms with Gasteiger partial charge in [0.05, 0.1) is 14.2 Å². The second-order valence-electron chi connectivity index (χ2n) is 7.91. The Morgan fingerprint density at radius 3 is 2.41 bits per heavy atom. The number of nitrogens with one attached hydrogen (secondary N) is 1. The summed E-state index contributed by atoms with van der Waals surface area (Å²) >= 11 is 0. The molecule has 2 heterocycles. The molecule has 178 valence electrons. The van der Waals surface area contributed by atoms with Crippen molar-refractivity contribution in [2.24, 2.45) is 0 Å². The highest BCUT2D eigenvalue weighted by Gasteiger charge is 2.23. The molecule has 0 saturated heterocycles. The van der Waals surface area contributed by atoms with Crippen LogP contribution < -0.4 is 14.8 Å². The Kier molecular flexibility index (Phi) is 8.56. The maximum absolute atomic E-state index is 13.3. The molecule has 0 fully saturated rings. The van der Waals surface area contributed by atoms with Crippen molar-refractivity contribution in [3.8, 4) is 11.8 Å². The highest BCUT2D eigenvalue weighted by Crippen LogP contribution is 2.18. The standard InChI is InChI=1S/C26H30N4O4/c1-18-15-20(17-24(28-18)34-4)26(32)30(2)21(16-19-9-6-5-7-10-19)13-14-27-25(31)22-11-8-12-23(29-22)33-3/h5-12,15,17,21H,13-14,16H2,1-4H3,(H,27,31). The van der Waals surface area contributed by atoms with E-state index in [1.165, 1.54) is 14.2 Å². The van der Waals surface area contributed by atoms with Crippen molar-refractivity contribution in [2.75, 3.05) is 27.8 Å². The number of likely N-dealkylation sites (N-methyl/N-ethyl adjacent to an activating group) is 1.